The first-order chi connectivity index (χ1) is 27.8. The maximum absolute atomic E-state index is 14.9. The normalized spacial score (nSPS) is 24.5. The van der Waals surface area contributed by atoms with E-state index in [4.69, 9.17) is 14.5 Å². The quantitative estimate of drug-likeness (QED) is 0.219. The number of sulfonamides is 1. The Labute approximate surface area is 342 Å². The molecule has 2 saturated carbocycles. The lowest BCUT2D eigenvalue weighted by Gasteiger charge is -2.37. The van der Waals surface area contributed by atoms with Gasteiger partial charge in [-0.3, -0.25) is 23.9 Å². The van der Waals surface area contributed by atoms with Crippen molar-refractivity contribution >= 4 is 44.6 Å². The molecule has 3 heterocycles. The summed E-state index contributed by atoms with van der Waals surface area (Å²) in [6.45, 7) is 8.84. The Morgan fingerprint density at radius 3 is 2.36 bits per heavy atom. The number of nitrogens with zero attached hydrogens (tertiary/aromatic N) is 3. The van der Waals surface area contributed by atoms with Gasteiger partial charge in [0.15, 0.2) is 0 Å². The maximum Gasteiger partial charge on any atom is 0.259 e. The predicted octanol–water partition coefficient (Wildman–Crippen LogP) is 5.24. The van der Waals surface area contributed by atoms with Crippen LogP contribution in [0.5, 0.6) is 11.5 Å². The molecule has 2 saturated heterocycles. The SMILES string of the molecule is C=C[C@@H]1C[C@]1(NC(=O)[C@@H]1C[C@@H](Oc2cc(-c3ccccc3)nc3cc(OC)ccc23)CN1C(=O)[C@@H](CC(=O)N1CCC(F)(F)CC1)C(C)(C)C)C(=O)NS(=O)(=O)C1CC1. The number of likely N-dealkylation sites (tertiary alicyclic amines) is 2. The molecule has 7 rings (SSSR count). The number of benzene rings is 2. The summed E-state index contributed by atoms with van der Waals surface area (Å²) in [6.07, 6.45) is 0.478. The Bertz CT molecular complexity index is 2250. The van der Waals surface area contributed by atoms with E-state index in [0.29, 0.717) is 40.9 Å². The average molecular weight is 836 g/mol. The number of fused-ring (bicyclic) bond motifs is 1. The second-order valence-electron chi connectivity index (χ2n) is 17.3. The number of halogens is 2. The number of aromatic nitrogens is 1. The van der Waals surface area contributed by atoms with Crippen molar-refractivity contribution in [2.45, 2.75) is 94.6 Å². The summed E-state index contributed by atoms with van der Waals surface area (Å²) < 4.78 is 67.9. The van der Waals surface area contributed by atoms with Crippen molar-refractivity contribution in [3.05, 3.63) is 67.3 Å². The summed E-state index contributed by atoms with van der Waals surface area (Å²) in [4.78, 5) is 64.2. The molecule has 13 nitrogen and oxygen atoms in total. The summed E-state index contributed by atoms with van der Waals surface area (Å²) in [5.74, 6) is -5.89. The number of pyridine rings is 1. The third-order valence-corrected chi connectivity index (χ3v) is 13.8. The fraction of sp³-hybridized carbons (Fsp3) is 0.512. The minimum absolute atomic E-state index is 0.0128. The molecule has 0 bridgehead atoms. The maximum atomic E-state index is 14.9. The first kappa shape index (κ1) is 42.0. The van der Waals surface area contributed by atoms with Gasteiger partial charge in [0, 0.05) is 67.8 Å². The van der Waals surface area contributed by atoms with Gasteiger partial charge in [-0.1, -0.05) is 57.2 Å². The average Bonchev–Trinajstić information content (AvgIpc) is 4.13. The van der Waals surface area contributed by atoms with Crippen LogP contribution in [0.15, 0.2) is 67.3 Å². The lowest BCUT2D eigenvalue weighted by molar-refractivity contribution is -0.150. The summed E-state index contributed by atoms with van der Waals surface area (Å²) in [6, 6.07) is 15.4. The zero-order valence-electron chi connectivity index (χ0n) is 33.7. The fourth-order valence-corrected chi connectivity index (χ4v) is 9.45. The van der Waals surface area contributed by atoms with Crippen LogP contribution in [-0.4, -0.2) is 102 Å². The van der Waals surface area contributed by atoms with Gasteiger partial charge in [-0.15, -0.1) is 6.58 Å². The Kier molecular flexibility index (Phi) is 11.3. The minimum atomic E-state index is -3.94. The Morgan fingerprint density at radius 1 is 1.05 bits per heavy atom. The molecule has 2 aromatic carbocycles. The van der Waals surface area contributed by atoms with E-state index in [1.165, 1.54) is 15.9 Å². The van der Waals surface area contributed by atoms with Crippen LogP contribution >= 0.6 is 0 Å². The highest BCUT2D eigenvalue weighted by molar-refractivity contribution is 7.91. The number of nitrogens with one attached hydrogen (secondary N) is 2. The molecule has 0 spiro atoms. The van der Waals surface area contributed by atoms with Crippen LogP contribution in [0, 0.1) is 17.3 Å². The molecule has 3 aromatic rings. The van der Waals surface area contributed by atoms with Crippen LogP contribution in [-0.2, 0) is 29.2 Å². The van der Waals surface area contributed by atoms with Crippen molar-refractivity contribution < 1.29 is 45.9 Å². The number of carbonyl (C=O) groups excluding carboxylic acids is 4. The van der Waals surface area contributed by atoms with Gasteiger partial charge >= 0.3 is 0 Å². The molecular formula is C43H51F2N5O8S. The van der Waals surface area contributed by atoms with E-state index >= 15 is 0 Å². The van der Waals surface area contributed by atoms with Crippen LogP contribution in [0.3, 0.4) is 0 Å². The van der Waals surface area contributed by atoms with Crippen molar-refractivity contribution in [2.24, 2.45) is 17.3 Å². The van der Waals surface area contributed by atoms with E-state index < -0.39 is 92.6 Å². The zero-order valence-corrected chi connectivity index (χ0v) is 34.5. The Balaban J connectivity index is 1.21. The number of amides is 4. The minimum Gasteiger partial charge on any atom is -0.497 e. The zero-order chi connectivity index (χ0) is 42.5. The number of rotatable bonds is 13. The second kappa shape index (κ2) is 15.8. The highest BCUT2D eigenvalue weighted by atomic mass is 32.2. The van der Waals surface area contributed by atoms with Gasteiger partial charge in [0.1, 0.15) is 29.2 Å². The van der Waals surface area contributed by atoms with E-state index in [9.17, 15) is 36.4 Å². The van der Waals surface area contributed by atoms with E-state index in [1.54, 1.807) is 46.1 Å². The smallest absolute Gasteiger partial charge is 0.259 e. The molecule has 0 radical (unpaired) electrons. The van der Waals surface area contributed by atoms with E-state index in [0.717, 1.165) is 5.56 Å². The van der Waals surface area contributed by atoms with Crippen LogP contribution < -0.4 is 19.5 Å². The summed E-state index contributed by atoms with van der Waals surface area (Å²) in [5.41, 5.74) is -0.385. The van der Waals surface area contributed by atoms with Crippen molar-refractivity contribution in [3.63, 3.8) is 0 Å². The van der Waals surface area contributed by atoms with Gasteiger partial charge in [0.2, 0.25) is 27.7 Å². The molecule has 4 amide bonds. The largest absolute Gasteiger partial charge is 0.497 e. The number of methoxy groups -OCH3 is 1. The molecule has 316 valence electrons. The van der Waals surface area contributed by atoms with Crippen molar-refractivity contribution in [3.8, 4) is 22.8 Å². The van der Waals surface area contributed by atoms with E-state index in [2.05, 4.69) is 16.6 Å². The molecular weight excluding hydrogens is 785 g/mol. The molecule has 1 aromatic heterocycles. The van der Waals surface area contributed by atoms with Crippen LogP contribution in [0.2, 0.25) is 0 Å². The molecule has 5 atom stereocenters. The fourth-order valence-electron chi connectivity index (χ4n) is 8.08. The number of carbonyl (C=O) groups is 4. The lowest BCUT2D eigenvalue weighted by Crippen LogP contribution is -2.57. The highest BCUT2D eigenvalue weighted by Gasteiger charge is 2.62. The standard InChI is InChI=1S/C43H51F2N5O8S/c1-6-27-24-43(27,40(54)48-59(55,56)30-13-14-30)47-38(52)35-21-29(25-50(35)39(53)32(41(2,3)4)22-37(51)49-18-16-42(44,45)17-19-49)58-36-23-33(26-10-8-7-9-11-26)46-34-20-28(57-5)12-15-31(34)36/h6-12,15,20,23,27,29-30,32,35H,1,13-14,16-19,21-22,24-25H2,2-5H3,(H,47,52)(H,48,54)/t27-,29-,32-,35+,43-/m1/s1. The van der Waals surface area contributed by atoms with Gasteiger partial charge in [-0.05, 0) is 36.8 Å². The highest BCUT2D eigenvalue weighted by Crippen LogP contribution is 2.46. The van der Waals surface area contributed by atoms with Gasteiger partial charge in [-0.25, -0.2) is 22.2 Å². The monoisotopic (exact) mass is 835 g/mol. The number of alkyl halides is 2. The first-order valence-electron chi connectivity index (χ1n) is 20.0. The van der Waals surface area contributed by atoms with Gasteiger partial charge in [0.05, 0.1) is 36.0 Å². The molecule has 2 aliphatic heterocycles. The molecule has 0 unspecified atom stereocenters. The Morgan fingerprint density at radius 2 is 1.75 bits per heavy atom. The molecule has 2 N–H and O–H groups in total. The topological polar surface area (TPSA) is 164 Å². The van der Waals surface area contributed by atoms with Crippen molar-refractivity contribution in [2.75, 3.05) is 26.7 Å². The first-order valence-corrected chi connectivity index (χ1v) is 21.6. The predicted molar refractivity (Wildman–Crippen MR) is 216 cm³/mol. The van der Waals surface area contributed by atoms with Gasteiger partial charge in [0.25, 0.3) is 11.8 Å². The number of piperidine rings is 1. The molecule has 59 heavy (non-hydrogen) atoms. The summed E-state index contributed by atoms with van der Waals surface area (Å²) in [5, 5.41) is 2.79. The summed E-state index contributed by atoms with van der Waals surface area (Å²) in [7, 11) is -2.39. The number of hydrogen-bond acceptors (Lipinski definition) is 9. The molecule has 4 aliphatic rings. The van der Waals surface area contributed by atoms with E-state index in [-0.39, 0.29) is 38.9 Å². The van der Waals surface area contributed by atoms with Crippen LogP contribution in [0.4, 0.5) is 8.78 Å². The van der Waals surface area contributed by atoms with E-state index in [1.807, 2.05) is 36.4 Å². The number of ether oxygens (including phenoxy) is 2. The Hall–Kier alpha value is -5.12. The lowest BCUT2D eigenvalue weighted by atomic mass is 9.77. The van der Waals surface area contributed by atoms with Gasteiger partial charge in [-0.2, -0.15) is 0 Å². The molecule has 2 aliphatic carbocycles. The number of hydrogen-bond donors (Lipinski definition) is 2. The van der Waals surface area contributed by atoms with Crippen molar-refractivity contribution in [1.82, 2.24) is 24.8 Å². The second-order valence-corrected chi connectivity index (χ2v) is 19.2. The van der Waals surface area contributed by atoms with Crippen molar-refractivity contribution in [1.29, 1.82) is 0 Å². The summed E-state index contributed by atoms with van der Waals surface area (Å²) >= 11 is 0. The van der Waals surface area contributed by atoms with Crippen LogP contribution in [0.1, 0.15) is 65.7 Å². The molecule has 16 heteroatoms. The third kappa shape index (κ3) is 8.92. The third-order valence-electron chi connectivity index (χ3n) is 12.0. The van der Waals surface area contributed by atoms with Crippen LogP contribution in [0.25, 0.3) is 22.2 Å². The van der Waals surface area contributed by atoms with Gasteiger partial charge < -0.3 is 24.6 Å². The molecule has 4 fully saturated rings.